The van der Waals surface area contributed by atoms with E-state index in [2.05, 4.69) is 5.32 Å². The first-order valence-electron chi connectivity index (χ1n) is 7.43. The number of aryl methyl sites for hydroxylation is 1. The van der Waals surface area contributed by atoms with Crippen LogP contribution in [-0.4, -0.2) is 17.9 Å². The molecule has 23 heavy (non-hydrogen) atoms. The van der Waals surface area contributed by atoms with E-state index in [9.17, 15) is 9.59 Å². The summed E-state index contributed by atoms with van der Waals surface area (Å²) in [5, 5.41) is 2.77. The number of benzene rings is 2. The number of hydrogen-bond acceptors (Lipinski definition) is 3. The molecule has 0 aliphatic rings. The van der Waals surface area contributed by atoms with Gasteiger partial charge in [0.1, 0.15) is 5.75 Å². The van der Waals surface area contributed by atoms with Crippen molar-refractivity contribution in [1.29, 1.82) is 0 Å². The molecule has 0 saturated heterocycles. The molecule has 0 fully saturated rings. The molecule has 1 atom stereocenters. The van der Waals surface area contributed by atoms with Gasteiger partial charge in [-0.1, -0.05) is 24.6 Å². The van der Waals surface area contributed by atoms with Gasteiger partial charge in [0.25, 0.3) is 5.91 Å². The molecule has 0 unspecified atom stereocenters. The third-order valence-corrected chi connectivity index (χ3v) is 3.40. The summed E-state index contributed by atoms with van der Waals surface area (Å²) in [6, 6.07) is 14.0. The molecule has 2 aromatic rings. The van der Waals surface area contributed by atoms with E-state index in [-0.39, 0.29) is 5.91 Å². The lowest BCUT2D eigenvalue weighted by Gasteiger charge is -2.17. The number of carbonyl (C=O) groups is 2. The zero-order valence-corrected chi connectivity index (χ0v) is 13.2. The van der Waals surface area contributed by atoms with E-state index in [1.807, 2.05) is 38.1 Å². The summed E-state index contributed by atoms with van der Waals surface area (Å²) in [6.07, 6.45) is -0.0486. The average molecular weight is 312 g/mol. The monoisotopic (exact) mass is 312 g/mol. The zero-order valence-electron chi connectivity index (χ0n) is 13.2. The highest BCUT2D eigenvalue weighted by atomic mass is 16.5. The molecule has 2 amide bonds. The smallest absolute Gasteiger partial charge is 0.265 e. The summed E-state index contributed by atoms with van der Waals surface area (Å²) < 4.78 is 5.73. The standard InChI is InChI=1S/C18H20N2O3/c1-3-16(23-15-10-4-12(2)5-11-15)18(22)20-14-8-6-13(7-9-14)17(19)21/h4-11,16H,3H2,1-2H3,(H2,19,21)(H,20,22)/t16-/m1/s1. The van der Waals surface area contributed by atoms with Crippen LogP contribution in [0.3, 0.4) is 0 Å². The Hall–Kier alpha value is -2.82. The minimum Gasteiger partial charge on any atom is -0.481 e. The number of ether oxygens (including phenoxy) is 1. The van der Waals surface area contributed by atoms with E-state index in [0.717, 1.165) is 5.56 Å². The molecule has 0 spiro atoms. The van der Waals surface area contributed by atoms with Gasteiger partial charge in [-0.3, -0.25) is 9.59 Å². The second kappa shape index (κ2) is 7.45. The molecule has 120 valence electrons. The van der Waals surface area contributed by atoms with Crippen LogP contribution in [0.1, 0.15) is 29.3 Å². The van der Waals surface area contributed by atoms with Crippen molar-refractivity contribution >= 4 is 17.5 Å². The first-order valence-corrected chi connectivity index (χ1v) is 7.43. The van der Waals surface area contributed by atoms with Gasteiger partial charge in [-0.2, -0.15) is 0 Å². The van der Waals surface area contributed by atoms with Gasteiger partial charge in [0.05, 0.1) is 0 Å². The van der Waals surface area contributed by atoms with Crippen molar-refractivity contribution in [3.05, 3.63) is 59.7 Å². The SMILES string of the molecule is CC[C@@H](Oc1ccc(C)cc1)C(=O)Nc1ccc(C(N)=O)cc1. The topological polar surface area (TPSA) is 81.4 Å². The summed E-state index contributed by atoms with van der Waals surface area (Å²) in [5.74, 6) is -0.0846. The summed E-state index contributed by atoms with van der Waals surface area (Å²) in [5.41, 5.74) is 7.30. The van der Waals surface area contributed by atoms with E-state index in [1.54, 1.807) is 24.3 Å². The summed E-state index contributed by atoms with van der Waals surface area (Å²) in [7, 11) is 0. The third-order valence-electron chi connectivity index (χ3n) is 3.40. The van der Waals surface area contributed by atoms with Gasteiger partial charge in [-0.25, -0.2) is 0 Å². The minimum absolute atomic E-state index is 0.236. The Morgan fingerprint density at radius 3 is 2.22 bits per heavy atom. The Morgan fingerprint density at radius 1 is 1.09 bits per heavy atom. The van der Waals surface area contributed by atoms with Gasteiger partial charge in [0.15, 0.2) is 6.10 Å². The zero-order chi connectivity index (χ0) is 16.8. The van der Waals surface area contributed by atoms with Gasteiger partial charge in [-0.15, -0.1) is 0 Å². The first-order chi connectivity index (χ1) is 11.0. The van der Waals surface area contributed by atoms with Crippen LogP contribution in [0.15, 0.2) is 48.5 Å². The number of hydrogen-bond donors (Lipinski definition) is 2. The molecule has 5 nitrogen and oxygen atoms in total. The van der Waals surface area contributed by atoms with Gasteiger partial charge in [0.2, 0.25) is 5.91 Å². The number of rotatable bonds is 6. The average Bonchev–Trinajstić information content (AvgIpc) is 2.54. The normalized spacial score (nSPS) is 11.6. The van der Waals surface area contributed by atoms with Crippen LogP contribution in [0, 0.1) is 6.92 Å². The van der Waals surface area contributed by atoms with E-state index in [4.69, 9.17) is 10.5 Å². The predicted molar refractivity (Wildman–Crippen MR) is 89.5 cm³/mol. The van der Waals surface area contributed by atoms with Crippen LogP contribution in [0.5, 0.6) is 5.75 Å². The van der Waals surface area contributed by atoms with Crippen molar-refractivity contribution in [1.82, 2.24) is 0 Å². The summed E-state index contributed by atoms with van der Waals surface area (Å²) >= 11 is 0. The van der Waals surface area contributed by atoms with E-state index >= 15 is 0 Å². The summed E-state index contributed by atoms with van der Waals surface area (Å²) in [6.45, 7) is 3.87. The second-order valence-corrected chi connectivity index (χ2v) is 5.26. The van der Waals surface area contributed by atoms with E-state index in [1.165, 1.54) is 0 Å². The second-order valence-electron chi connectivity index (χ2n) is 5.26. The fourth-order valence-electron chi connectivity index (χ4n) is 2.04. The lowest BCUT2D eigenvalue weighted by Crippen LogP contribution is -2.32. The van der Waals surface area contributed by atoms with Crippen LogP contribution >= 0.6 is 0 Å². The quantitative estimate of drug-likeness (QED) is 0.860. The van der Waals surface area contributed by atoms with Crippen molar-refractivity contribution in [2.75, 3.05) is 5.32 Å². The van der Waals surface area contributed by atoms with Crippen LogP contribution in [0.25, 0.3) is 0 Å². The number of nitrogens with two attached hydrogens (primary N) is 1. The maximum absolute atomic E-state index is 12.3. The number of amides is 2. The molecule has 2 aromatic carbocycles. The van der Waals surface area contributed by atoms with Gasteiger partial charge in [0, 0.05) is 11.3 Å². The van der Waals surface area contributed by atoms with Gasteiger partial charge >= 0.3 is 0 Å². The van der Waals surface area contributed by atoms with Gasteiger partial charge < -0.3 is 15.8 Å². The third kappa shape index (κ3) is 4.57. The molecule has 0 bridgehead atoms. The molecule has 0 aromatic heterocycles. The highest BCUT2D eigenvalue weighted by molar-refractivity contribution is 5.96. The maximum Gasteiger partial charge on any atom is 0.265 e. The molecule has 0 radical (unpaired) electrons. The van der Waals surface area contributed by atoms with Crippen LogP contribution in [0.2, 0.25) is 0 Å². The van der Waals surface area contributed by atoms with E-state index in [0.29, 0.717) is 23.4 Å². The lowest BCUT2D eigenvalue weighted by molar-refractivity contribution is -0.122. The first kappa shape index (κ1) is 16.5. The Kier molecular flexibility index (Phi) is 5.36. The molecule has 0 aliphatic carbocycles. The van der Waals surface area contributed by atoms with Crippen molar-refractivity contribution < 1.29 is 14.3 Å². The fourth-order valence-corrected chi connectivity index (χ4v) is 2.04. The molecule has 0 saturated carbocycles. The highest BCUT2D eigenvalue weighted by Gasteiger charge is 2.18. The van der Waals surface area contributed by atoms with Crippen LogP contribution < -0.4 is 15.8 Å². The van der Waals surface area contributed by atoms with Gasteiger partial charge in [-0.05, 0) is 49.7 Å². The predicted octanol–water partition coefficient (Wildman–Crippen LogP) is 2.89. The Labute approximate surface area is 135 Å². The Balaban J connectivity index is 2.01. The number of nitrogens with one attached hydrogen (secondary N) is 1. The lowest BCUT2D eigenvalue weighted by atomic mass is 10.2. The van der Waals surface area contributed by atoms with Crippen molar-refractivity contribution in [2.45, 2.75) is 26.4 Å². The number of carbonyl (C=O) groups excluding carboxylic acids is 2. The molecule has 0 heterocycles. The van der Waals surface area contributed by atoms with E-state index < -0.39 is 12.0 Å². The molecular formula is C18H20N2O3. The fraction of sp³-hybridized carbons (Fsp3) is 0.222. The van der Waals surface area contributed by atoms with Crippen molar-refractivity contribution in [3.63, 3.8) is 0 Å². The molecule has 5 heteroatoms. The molecule has 2 rings (SSSR count). The Morgan fingerprint density at radius 2 is 1.70 bits per heavy atom. The maximum atomic E-state index is 12.3. The minimum atomic E-state index is -0.589. The molecular weight excluding hydrogens is 292 g/mol. The van der Waals surface area contributed by atoms with Crippen LogP contribution in [-0.2, 0) is 4.79 Å². The molecule has 3 N–H and O–H groups in total. The number of primary amides is 1. The summed E-state index contributed by atoms with van der Waals surface area (Å²) in [4.78, 5) is 23.3. The van der Waals surface area contributed by atoms with Crippen molar-refractivity contribution in [3.8, 4) is 5.75 Å². The molecule has 0 aliphatic heterocycles. The van der Waals surface area contributed by atoms with Crippen molar-refractivity contribution in [2.24, 2.45) is 5.73 Å². The number of anilines is 1. The highest BCUT2D eigenvalue weighted by Crippen LogP contribution is 2.16. The van der Waals surface area contributed by atoms with Crippen LogP contribution in [0.4, 0.5) is 5.69 Å². The largest absolute Gasteiger partial charge is 0.481 e. The Bertz CT molecular complexity index is 678.